The molecular weight excluding hydrogens is 218 g/mol. The maximum atomic E-state index is 12.2. The van der Waals surface area contributed by atoms with Crippen LogP contribution in [0.4, 0.5) is 4.79 Å². The lowest BCUT2D eigenvalue weighted by Gasteiger charge is -2.32. The van der Waals surface area contributed by atoms with Crippen molar-refractivity contribution in [2.24, 2.45) is 5.92 Å². The molecule has 0 radical (unpaired) electrons. The van der Waals surface area contributed by atoms with Crippen molar-refractivity contribution in [3.05, 3.63) is 0 Å². The molecule has 0 aromatic heterocycles. The molecule has 2 rings (SSSR count). The van der Waals surface area contributed by atoms with Crippen molar-refractivity contribution in [3.63, 3.8) is 0 Å². The summed E-state index contributed by atoms with van der Waals surface area (Å²) in [6, 6.07) is -0.326. The largest absolute Gasteiger partial charge is 0.336 e. The summed E-state index contributed by atoms with van der Waals surface area (Å²) in [6.07, 6.45) is 2.44. The van der Waals surface area contributed by atoms with Crippen LogP contribution < -0.4 is 10.2 Å². The SMILES string of the molecule is C[C@@H]1CCC[NH+]([C@@H](C)C(=O)N2CCNC2=O)C1. The molecule has 2 heterocycles. The topological polar surface area (TPSA) is 53.9 Å². The Morgan fingerprint density at radius 2 is 2.35 bits per heavy atom. The van der Waals surface area contributed by atoms with Gasteiger partial charge in [0.25, 0.3) is 5.91 Å². The van der Waals surface area contributed by atoms with Crippen molar-refractivity contribution in [3.8, 4) is 0 Å². The fourth-order valence-corrected chi connectivity index (χ4v) is 2.81. The molecule has 2 fully saturated rings. The van der Waals surface area contributed by atoms with E-state index in [-0.39, 0.29) is 18.0 Å². The molecule has 1 unspecified atom stereocenters. The smallest absolute Gasteiger partial charge is 0.324 e. The summed E-state index contributed by atoms with van der Waals surface area (Å²) in [5.41, 5.74) is 0. The van der Waals surface area contributed by atoms with Crippen molar-refractivity contribution in [2.75, 3.05) is 26.2 Å². The number of likely N-dealkylation sites (tertiary alicyclic amines) is 1. The third-order valence-corrected chi connectivity index (χ3v) is 3.91. The first-order valence-electron chi connectivity index (χ1n) is 6.53. The number of carbonyl (C=O) groups is 2. The Balaban J connectivity index is 1.96. The Labute approximate surface area is 102 Å². The Bertz CT molecular complexity index is 319. The van der Waals surface area contributed by atoms with E-state index in [2.05, 4.69) is 12.2 Å². The van der Waals surface area contributed by atoms with Crippen molar-refractivity contribution >= 4 is 11.9 Å². The molecule has 0 bridgehead atoms. The minimum atomic E-state index is -0.230. The molecule has 3 atom stereocenters. The number of nitrogens with one attached hydrogen (secondary N) is 2. The highest BCUT2D eigenvalue weighted by atomic mass is 16.2. The predicted molar refractivity (Wildman–Crippen MR) is 63.7 cm³/mol. The number of nitrogens with zero attached hydrogens (tertiary/aromatic N) is 1. The average molecular weight is 240 g/mol. The first kappa shape index (κ1) is 12.4. The lowest BCUT2D eigenvalue weighted by Crippen LogP contribution is -3.18. The maximum absolute atomic E-state index is 12.2. The second-order valence-corrected chi connectivity index (χ2v) is 5.30. The highest BCUT2D eigenvalue weighted by Gasteiger charge is 2.36. The van der Waals surface area contributed by atoms with Crippen LogP contribution in [0, 0.1) is 5.92 Å². The van der Waals surface area contributed by atoms with Crippen LogP contribution in [-0.2, 0) is 4.79 Å². The molecule has 17 heavy (non-hydrogen) atoms. The van der Waals surface area contributed by atoms with E-state index in [0.29, 0.717) is 19.0 Å². The molecule has 5 nitrogen and oxygen atoms in total. The minimum absolute atomic E-state index is 0.0240. The van der Waals surface area contributed by atoms with Gasteiger partial charge in [-0.3, -0.25) is 9.69 Å². The zero-order valence-electron chi connectivity index (χ0n) is 10.7. The fourth-order valence-electron chi connectivity index (χ4n) is 2.81. The van der Waals surface area contributed by atoms with Gasteiger partial charge in [0.15, 0.2) is 6.04 Å². The van der Waals surface area contributed by atoms with E-state index in [1.807, 2.05) is 6.92 Å². The van der Waals surface area contributed by atoms with Crippen LogP contribution in [0.1, 0.15) is 26.7 Å². The summed E-state index contributed by atoms with van der Waals surface area (Å²) in [7, 11) is 0. The molecule has 2 aliphatic rings. The lowest BCUT2D eigenvalue weighted by atomic mass is 9.99. The fraction of sp³-hybridized carbons (Fsp3) is 0.833. The van der Waals surface area contributed by atoms with Crippen LogP contribution >= 0.6 is 0 Å². The Kier molecular flexibility index (Phi) is 3.66. The molecule has 0 saturated carbocycles. The highest BCUT2D eigenvalue weighted by Crippen LogP contribution is 2.06. The molecule has 0 aliphatic carbocycles. The van der Waals surface area contributed by atoms with Gasteiger partial charge in [0.05, 0.1) is 13.1 Å². The molecule has 5 heteroatoms. The number of carbonyl (C=O) groups excluding carboxylic acids is 2. The molecular formula is C12H22N3O2+. The molecule has 2 saturated heterocycles. The van der Waals surface area contributed by atoms with Crippen LogP contribution in [0.2, 0.25) is 0 Å². The second kappa shape index (κ2) is 5.04. The quantitative estimate of drug-likeness (QED) is 0.667. The minimum Gasteiger partial charge on any atom is -0.336 e. The Hall–Kier alpha value is -1.10. The van der Waals surface area contributed by atoms with Crippen LogP contribution in [0.3, 0.4) is 0 Å². The van der Waals surface area contributed by atoms with E-state index in [9.17, 15) is 9.59 Å². The number of imide groups is 1. The standard InChI is InChI=1S/C12H21N3O2/c1-9-4-3-6-14(8-9)10(2)11(16)15-7-5-13-12(15)17/h9-10H,3-8H2,1-2H3,(H,13,17)/p+1/t9-,10+/m1/s1. The normalized spacial score (nSPS) is 31.2. The number of piperidine rings is 1. The summed E-state index contributed by atoms with van der Waals surface area (Å²) in [5.74, 6) is 0.658. The molecule has 0 aromatic rings. The van der Waals surface area contributed by atoms with Crippen LogP contribution in [0.15, 0.2) is 0 Å². The number of hydrogen-bond donors (Lipinski definition) is 2. The van der Waals surface area contributed by atoms with Crippen molar-refractivity contribution in [1.82, 2.24) is 10.2 Å². The molecule has 0 spiro atoms. The molecule has 2 aliphatic heterocycles. The molecule has 0 aromatic carbocycles. The van der Waals surface area contributed by atoms with Crippen molar-refractivity contribution in [1.29, 1.82) is 0 Å². The number of amides is 3. The van der Waals surface area contributed by atoms with E-state index < -0.39 is 0 Å². The maximum Gasteiger partial charge on any atom is 0.324 e. The zero-order chi connectivity index (χ0) is 12.4. The van der Waals surface area contributed by atoms with E-state index in [1.54, 1.807) is 0 Å². The number of hydrogen-bond acceptors (Lipinski definition) is 2. The number of rotatable bonds is 2. The van der Waals surface area contributed by atoms with E-state index in [1.165, 1.54) is 22.6 Å². The van der Waals surface area contributed by atoms with Gasteiger partial charge in [-0.25, -0.2) is 4.79 Å². The summed E-state index contributed by atoms with van der Waals surface area (Å²) in [6.45, 7) is 7.38. The Morgan fingerprint density at radius 1 is 1.59 bits per heavy atom. The van der Waals surface area contributed by atoms with Crippen molar-refractivity contribution in [2.45, 2.75) is 32.7 Å². The van der Waals surface area contributed by atoms with Gasteiger partial charge in [0.2, 0.25) is 0 Å². The van der Waals surface area contributed by atoms with Gasteiger partial charge in [0.1, 0.15) is 0 Å². The van der Waals surface area contributed by atoms with Crippen LogP contribution in [0.5, 0.6) is 0 Å². The third-order valence-electron chi connectivity index (χ3n) is 3.91. The first-order chi connectivity index (χ1) is 8.09. The first-order valence-corrected chi connectivity index (χ1v) is 6.53. The van der Waals surface area contributed by atoms with Gasteiger partial charge >= 0.3 is 6.03 Å². The van der Waals surface area contributed by atoms with Gasteiger partial charge in [-0.2, -0.15) is 0 Å². The predicted octanol–water partition coefficient (Wildman–Crippen LogP) is -0.758. The summed E-state index contributed by atoms with van der Waals surface area (Å²) in [5, 5.41) is 2.67. The van der Waals surface area contributed by atoms with E-state index >= 15 is 0 Å². The summed E-state index contributed by atoms with van der Waals surface area (Å²) in [4.78, 5) is 26.3. The average Bonchev–Trinajstić information content (AvgIpc) is 2.73. The summed E-state index contributed by atoms with van der Waals surface area (Å²) >= 11 is 0. The van der Waals surface area contributed by atoms with E-state index in [0.717, 1.165) is 13.1 Å². The lowest BCUT2D eigenvalue weighted by molar-refractivity contribution is -0.922. The monoisotopic (exact) mass is 240 g/mol. The van der Waals surface area contributed by atoms with Gasteiger partial charge in [-0.05, 0) is 19.8 Å². The third kappa shape index (κ3) is 2.60. The van der Waals surface area contributed by atoms with E-state index in [4.69, 9.17) is 0 Å². The summed E-state index contributed by atoms with van der Waals surface area (Å²) < 4.78 is 0. The molecule has 96 valence electrons. The molecule has 3 amide bonds. The Morgan fingerprint density at radius 3 is 2.94 bits per heavy atom. The van der Waals surface area contributed by atoms with Crippen LogP contribution in [-0.4, -0.2) is 49.1 Å². The van der Waals surface area contributed by atoms with Crippen LogP contribution in [0.25, 0.3) is 0 Å². The second-order valence-electron chi connectivity index (χ2n) is 5.30. The van der Waals surface area contributed by atoms with Crippen molar-refractivity contribution < 1.29 is 14.5 Å². The highest BCUT2D eigenvalue weighted by molar-refractivity contribution is 5.97. The number of urea groups is 1. The van der Waals surface area contributed by atoms with Gasteiger partial charge in [0, 0.05) is 19.0 Å². The molecule has 2 N–H and O–H groups in total. The van der Waals surface area contributed by atoms with Gasteiger partial charge < -0.3 is 10.2 Å². The van der Waals surface area contributed by atoms with Gasteiger partial charge in [-0.1, -0.05) is 6.92 Å². The number of quaternary nitrogens is 1. The zero-order valence-corrected chi connectivity index (χ0v) is 10.7. The van der Waals surface area contributed by atoms with Gasteiger partial charge in [-0.15, -0.1) is 0 Å².